The first-order chi connectivity index (χ1) is 16.9. The fourth-order valence-electron chi connectivity index (χ4n) is 3.46. The second-order valence-corrected chi connectivity index (χ2v) is 9.01. The predicted molar refractivity (Wildman–Crippen MR) is 140 cm³/mol. The van der Waals surface area contributed by atoms with E-state index in [-0.39, 0.29) is 39.4 Å². The molecule has 184 valence electrons. The van der Waals surface area contributed by atoms with Crippen LogP contribution in [-0.4, -0.2) is 35.5 Å². The molecule has 0 aromatic heterocycles. The number of hydrogen-bond acceptors (Lipinski definition) is 4. The standard InChI is InChI=1S/C25H21ClF2N2O2S.C2H6/c1-2-9-30(22-14-18(20(27)15-21(22)28)16-7-4-3-5-8-16)33-23-13-17(12-19(26)24(23)31)25(32)29-10-6-11-29;1-2/h2-5,7-8,12-15,31H,1,6,9-11H2;1-2H3. The Kier molecular flexibility index (Phi) is 9.18. The maximum atomic E-state index is 14.9. The van der Waals surface area contributed by atoms with Gasteiger partial charge in [-0.3, -0.25) is 4.79 Å². The summed E-state index contributed by atoms with van der Waals surface area (Å²) in [6.45, 7) is 9.25. The van der Waals surface area contributed by atoms with E-state index in [1.165, 1.54) is 22.5 Å². The van der Waals surface area contributed by atoms with E-state index in [0.29, 0.717) is 24.2 Å². The minimum atomic E-state index is -0.764. The Morgan fingerprint density at radius 3 is 2.43 bits per heavy atom. The average molecular weight is 517 g/mol. The van der Waals surface area contributed by atoms with Gasteiger partial charge >= 0.3 is 0 Å². The lowest BCUT2D eigenvalue weighted by molar-refractivity contribution is 0.0651. The lowest BCUT2D eigenvalue weighted by Gasteiger charge is -2.31. The molecule has 1 heterocycles. The van der Waals surface area contributed by atoms with Crippen LogP contribution in [0.15, 0.2) is 72.1 Å². The third kappa shape index (κ3) is 5.97. The molecule has 0 aliphatic carbocycles. The molecule has 1 aliphatic rings. The fraction of sp³-hybridized carbons (Fsp3) is 0.222. The molecule has 1 amide bonds. The Morgan fingerprint density at radius 1 is 1.14 bits per heavy atom. The van der Waals surface area contributed by atoms with Crippen molar-refractivity contribution in [3.8, 4) is 16.9 Å². The van der Waals surface area contributed by atoms with Crippen LogP contribution in [0.4, 0.5) is 14.5 Å². The van der Waals surface area contributed by atoms with Gasteiger partial charge < -0.3 is 14.3 Å². The van der Waals surface area contributed by atoms with Crippen LogP contribution in [-0.2, 0) is 0 Å². The highest BCUT2D eigenvalue weighted by Gasteiger charge is 2.25. The van der Waals surface area contributed by atoms with Crippen LogP contribution in [0.5, 0.6) is 5.75 Å². The van der Waals surface area contributed by atoms with E-state index >= 15 is 0 Å². The van der Waals surface area contributed by atoms with Gasteiger partial charge in [-0.05, 0) is 42.1 Å². The zero-order valence-corrected chi connectivity index (χ0v) is 21.2. The molecule has 0 atom stereocenters. The van der Waals surface area contributed by atoms with Crippen LogP contribution in [0.25, 0.3) is 11.1 Å². The van der Waals surface area contributed by atoms with E-state index < -0.39 is 11.6 Å². The van der Waals surface area contributed by atoms with Crippen LogP contribution in [0.2, 0.25) is 5.02 Å². The quantitative estimate of drug-likeness (QED) is 0.260. The van der Waals surface area contributed by atoms with Gasteiger partial charge in [-0.2, -0.15) is 0 Å². The summed E-state index contributed by atoms with van der Waals surface area (Å²) in [6.07, 6.45) is 2.51. The predicted octanol–water partition coefficient (Wildman–Crippen LogP) is 7.56. The number of benzene rings is 3. The molecule has 0 bridgehead atoms. The van der Waals surface area contributed by atoms with Gasteiger partial charge in [0.05, 0.1) is 15.6 Å². The molecule has 35 heavy (non-hydrogen) atoms. The highest BCUT2D eigenvalue weighted by Crippen LogP contribution is 2.41. The minimum Gasteiger partial charge on any atom is -0.505 e. The van der Waals surface area contributed by atoms with Crippen LogP contribution >= 0.6 is 23.5 Å². The lowest BCUT2D eigenvalue weighted by atomic mass is 10.0. The third-order valence-electron chi connectivity index (χ3n) is 5.31. The van der Waals surface area contributed by atoms with Crippen molar-refractivity contribution in [1.82, 2.24) is 4.90 Å². The third-order valence-corrected chi connectivity index (χ3v) is 6.67. The van der Waals surface area contributed by atoms with E-state index in [0.717, 1.165) is 24.4 Å². The summed E-state index contributed by atoms with van der Waals surface area (Å²) >= 11 is 7.19. The number of carbonyl (C=O) groups excluding carboxylic acids is 1. The number of anilines is 1. The molecular weight excluding hydrogens is 490 g/mol. The van der Waals surface area contributed by atoms with Gasteiger partial charge in [-0.25, -0.2) is 8.78 Å². The Labute approximate surface area is 214 Å². The number of halogens is 3. The molecule has 0 saturated carbocycles. The first-order valence-electron chi connectivity index (χ1n) is 11.3. The highest BCUT2D eigenvalue weighted by molar-refractivity contribution is 8.00. The SMILES string of the molecule is C=CCN(Sc1cc(C(=O)N2CCC2)cc(Cl)c1O)c1cc(-c2ccccc2)c(F)cc1F.CC. The van der Waals surface area contributed by atoms with Gasteiger partial charge in [-0.1, -0.05) is 61.9 Å². The summed E-state index contributed by atoms with van der Waals surface area (Å²) in [6, 6.07) is 14.0. The molecule has 4 nitrogen and oxygen atoms in total. The van der Waals surface area contributed by atoms with E-state index in [1.807, 2.05) is 19.9 Å². The summed E-state index contributed by atoms with van der Waals surface area (Å²) in [7, 11) is 0. The Morgan fingerprint density at radius 2 is 1.83 bits per heavy atom. The molecule has 0 unspecified atom stereocenters. The number of phenols is 1. The van der Waals surface area contributed by atoms with Crippen molar-refractivity contribution in [2.24, 2.45) is 0 Å². The molecule has 3 aromatic carbocycles. The minimum absolute atomic E-state index is 0.0204. The number of rotatable bonds is 7. The number of phenolic OH excluding ortho intramolecular Hbond substituents is 1. The number of carbonyl (C=O) groups is 1. The molecule has 3 aromatic rings. The smallest absolute Gasteiger partial charge is 0.253 e. The van der Waals surface area contributed by atoms with Gasteiger partial charge in [-0.15, -0.1) is 6.58 Å². The van der Waals surface area contributed by atoms with Crippen molar-refractivity contribution in [1.29, 1.82) is 0 Å². The van der Waals surface area contributed by atoms with Crippen molar-refractivity contribution in [3.63, 3.8) is 0 Å². The van der Waals surface area contributed by atoms with Crippen molar-refractivity contribution in [2.45, 2.75) is 25.2 Å². The summed E-state index contributed by atoms with van der Waals surface area (Å²) in [5, 5.41) is 10.6. The zero-order chi connectivity index (χ0) is 25.5. The van der Waals surface area contributed by atoms with Crippen LogP contribution < -0.4 is 4.31 Å². The largest absolute Gasteiger partial charge is 0.505 e. The summed E-state index contributed by atoms with van der Waals surface area (Å²) in [5.74, 6) is -1.85. The second-order valence-electron chi connectivity index (χ2n) is 7.54. The molecule has 4 rings (SSSR count). The Bertz CT molecular complexity index is 1200. The molecule has 1 N–H and O–H groups in total. The van der Waals surface area contributed by atoms with Gasteiger partial charge in [0.1, 0.15) is 17.4 Å². The molecule has 1 saturated heterocycles. The Balaban J connectivity index is 0.00000167. The van der Waals surface area contributed by atoms with Gasteiger partial charge in [0.2, 0.25) is 0 Å². The fourth-order valence-corrected chi connectivity index (χ4v) is 4.76. The first-order valence-corrected chi connectivity index (χ1v) is 12.5. The van der Waals surface area contributed by atoms with E-state index in [2.05, 4.69) is 6.58 Å². The molecule has 0 radical (unpaired) electrons. The summed E-state index contributed by atoms with van der Waals surface area (Å²) in [4.78, 5) is 14.6. The summed E-state index contributed by atoms with van der Waals surface area (Å²) in [5.41, 5.74) is 1.29. The lowest BCUT2D eigenvalue weighted by Crippen LogP contribution is -2.42. The van der Waals surface area contributed by atoms with Gasteiger partial charge in [0.15, 0.2) is 0 Å². The van der Waals surface area contributed by atoms with Crippen molar-refractivity contribution in [3.05, 3.63) is 89.5 Å². The summed E-state index contributed by atoms with van der Waals surface area (Å²) < 4.78 is 31.0. The normalized spacial score (nSPS) is 12.3. The first kappa shape index (κ1) is 26.6. The Hall–Kier alpha value is -3.03. The van der Waals surface area contributed by atoms with E-state index in [9.17, 15) is 18.7 Å². The van der Waals surface area contributed by atoms with Crippen molar-refractivity contribution in [2.75, 3.05) is 23.9 Å². The number of nitrogens with zero attached hydrogens (tertiary/aromatic N) is 2. The molecule has 1 fully saturated rings. The van der Waals surface area contributed by atoms with Crippen LogP contribution in [0.1, 0.15) is 30.6 Å². The zero-order valence-electron chi connectivity index (χ0n) is 19.6. The molecule has 0 spiro atoms. The molecule has 1 aliphatic heterocycles. The van der Waals surface area contributed by atoms with Gasteiger partial charge in [0.25, 0.3) is 5.91 Å². The second kappa shape index (κ2) is 12.1. The highest BCUT2D eigenvalue weighted by atomic mass is 35.5. The van der Waals surface area contributed by atoms with Crippen LogP contribution in [0, 0.1) is 11.6 Å². The number of hydrogen-bond donors (Lipinski definition) is 1. The number of likely N-dealkylation sites (tertiary alicyclic amines) is 1. The maximum Gasteiger partial charge on any atom is 0.253 e. The van der Waals surface area contributed by atoms with Crippen molar-refractivity contribution < 1.29 is 18.7 Å². The van der Waals surface area contributed by atoms with E-state index in [1.54, 1.807) is 35.2 Å². The molecule has 8 heteroatoms. The van der Waals surface area contributed by atoms with Crippen molar-refractivity contribution >= 4 is 35.1 Å². The van der Waals surface area contributed by atoms with Crippen LogP contribution in [0.3, 0.4) is 0 Å². The molecular formula is C27H27ClF2N2O2S. The number of aromatic hydroxyl groups is 1. The van der Waals surface area contributed by atoms with Gasteiger partial charge in [0, 0.05) is 36.8 Å². The monoisotopic (exact) mass is 516 g/mol. The average Bonchev–Trinajstić information content (AvgIpc) is 2.82. The number of amides is 1. The maximum absolute atomic E-state index is 14.9. The topological polar surface area (TPSA) is 43.8 Å². The van der Waals surface area contributed by atoms with E-state index in [4.69, 9.17) is 11.6 Å².